The van der Waals surface area contributed by atoms with Crippen molar-refractivity contribution >= 4 is 7.12 Å². The Balaban J connectivity index is 2.45. The van der Waals surface area contributed by atoms with Crippen molar-refractivity contribution in [3.63, 3.8) is 0 Å². The first-order valence-electron chi connectivity index (χ1n) is 5.52. The Morgan fingerprint density at radius 1 is 1.13 bits per heavy atom. The van der Waals surface area contributed by atoms with Crippen LogP contribution in [0.4, 0.5) is 0 Å². The largest absolute Gasteiger partial charge is 0.486 e. The van der Waals surface area contributed by atoms with Gasteiger partial charge in [-0.2, -0.15) is 0 Å². The van der Waals surface area contributed by atoms with Crippen molar-refractivity contribution in [1.29, 1.82) is 0 Å². The van der Waals surface area contributed by atoms with Gasteiger partial charge in [0.15, 0.2) is 0 Å². The third kappa shape index (κ3) is 3.07. The fourth-order valence-corrected chi connectivity index (χ4v) is 1.38. The summed E-state index contributed by atoms with van der Waals surface area (Å²) in [6.45, 7) is 8.37. The molecular formula is C11H21BO3. The van der Waals surface area contributed by atoms with Crippen LogP contribution < -0.4 is 0 Å². The SMILES string of the molecule is CC1(C)OB(C=CCCCO)OC1(C)C. The standard InChI is InChI=1S/C11H21BO3/c1-10(2)11(3,4)15-12(14-10)8-6-5-7-9-13/h6,8,13H,5,7,9H2,1-4H3. The van der Waals surface area contributed by atoms with E-state index in [1.165, 1.54) is 0 Å². The molecule has 0 spiro atoms. The first kappa shape index (κ1) is 12.8. The second-order valence-electron chi connectivity index (χ2n) is 4.92. The number of allylic oxidation sites excluding steroid dienone is 1. The first-order chi connectivity index (χ1) is 6.89. The Labute approximate surface area is 92.6 Å². The number of unbranched alkanes of at least 4 members (excludes halogenated alkanes) is 1. The minimum Gasteiger partial charge on any atom is -0.400 e. The summed E-state index contributed by atoms with van der Waals surface area (Å²) in [7, 11) is -0.256. The predicted octanol–water partition coefficient (Wildman–Crippen LogP) is 1.95. The summed E-state index contributed by atoms with van der Waals surface area (Å²) in [6, 6.07) is 0. The summed E-state index contributed by atoms with van der Waals surface area (Å²) in [4.78, 5) is 0. The predicted molar refractivity (Wildman–Crippen MR) is 61.5 cm³/mol. The van der Waals surface area contributed by atoms with Crippen LogP contribution in [0.5, 0.6) is 0 Å². The van der Waals surface area contributed by atoms with E-state index in [2.05, 4.69) is 0 Å². The van der Waals surface area contributed by atoms with Gasteiger partial charge in [0, 0.05) is 6.61 Å². The van der Waals surface area contributed by atoms with E-state index < -0.39 is 0 Å². The minimum absolute atomic E-state index is 0.230. The number of hydrogen-bond donors (Lipinski definition) is 1. The molecule has 0 saturated carbocycles. The van der Waals surface area contributed by atoms with Gasteiger partial charge in [-0.3, -0.25) is 0 Å². The van der Waals surface area contributed by atoms with Gasteiger partial charge in [-0.1, -0.05) is 12.1 Å². The molecule has 4 heteroatoms. The summed E-state index contributed by atoms with van der Waals surface area (Å²) in [6.07, 6.45) is 3.65. The molecule has 0 unspecified atom stereocenters. The normalized spacial score (nSPS) is 23.9. The highest BCUT2D eigenvalue weighted by molar-refractivity contribution is 6.51. The van der Waals surface area contributed by atoms with Crippen molar-refractivity contribution in [3.05, 3.63) is 12.1 Å². The van der Waals surface area contributed by atoms with Crippen LogP contribution in [-0.2, 0) is 9.31 Å². The molecule has 0 aromatic rings. The minimum atomic E-state index is -0.265. The van der Waals surface area contributed by atoms with E-state index in [1.54, 1.807) is 0 Å². The van der Waals surface area contributed by atoms with Gasteiger partial charge in [0.2, 0.25) is 0 Å². The summed E-state index contributed by atoms with van der Waals surface area (Å²) < 4.78 is 11.5. The van der Waals surface area contributed by atoms with Crippen LogP contribution in [0.1, 0.15) is 40.5 Å². The van der Waals surface area contributed by atoms with Crippen LogP contribution in [0.3, 0.4) is 0 Å². The monoisotopic (exact) mass is 212 g/mol. The molecule has 0 bridgehead atoms. The molecule has 0 atom stereocenters. The lowest BCUT2D eigenvalue weighted by molar-refractivity contribution is 0.00578. The van der Waals surface area contributed by atoms with Gasteiger partial charge in [-0.05, 0) is 40.5 Å². The van der Waals surface area contributed by atoms with Crippen molar-refractivity contribution in [2.45, 2.75) is 51.7 Å². The van der Waals surface area contributed by atoms with Gasteiger partial charge in [0.1, 0.15) is 0 Å². The zero-order chi connectivity index (χ0) is 11.5. The van der Waals surface area contributed by atoms with Crippen LogP contribution >= 0.6 is 0 Å². The van der Waals surface area contributed by atoms with Crippen molar-refractivity contribution < 1.29 is 14.4 Å². The maximum Gasteiger partial charge on any atom is 0.486 e. The van der Waals surface area contributed by atoms with Gasteiger partial charge in [-0.25, -0.2) is 0 Å². The summed E-state index contributed by atoms with van der Waals surface area (Å²) in [5.41, 5.74) is -0.530. The van der Waals surface area contributed by atoms with Gasteiger partial charge in [-0.15, -0.1) is 0 Å². The molecule has 15 heavy (non-hydrogen) atoms. The van der Waals surface area contributed by atoms with Crippen LogP contribution in [0.25, 0.3) is 0 Å². The van der Waals surface area contributed by atoms with Gasteiger partial charge < -0.3 is 14.4 Å². The van der Waals surface area contributed by atoms with E-state index in [0.29, 0.717) is 0 Å². The van der Waals surface area contributed by atoms with Crippen molar-refractivity contribution in [3.8, 4) is 0 Å². The molecule has 1 aliphatic rings. The average molecular weight is 212 g/mol. The van der Waals surface area contributed by atoms with Gasteiger partial charge >= 0.3 is 7.12 Å². The smallest absolute Gasteiger partial charge is 0.400 e. The zero-order valence-corrected chi connectivity index (χ0v) is 10.1. The van der Waals surface area contributed by atoms with Crippen molar-refractivity contribution in [2.24, 2.45) is 0 Å². The lowest BCUT2D eigenvalue weighted by Gasteiger charge is -2.32. The maximum absolute atomic E-state index is 8.63. The Kier molecular flexibility index (Phi) is 3.98. The molecule has 0 radical (unpaired) electrons. The zero-order valence-electron chi connectivity index (χ0n) is 10.1. The summed E-state index contributed by atoms with van der Waals surface area (Å²) in [5, 5.41) is 8.63. The fourth-order valence-electron chi connectivity index (χ4n) is 1.38. The molecule has 1 fully saturated rings. The quantitative estimate of drug-likeness (QED) is 0.571. The Morgan fingerprint density at radius 3 is 2.13 bits per heavy atom. The van der Waals surface area contributed by atoms with Crippen molar-refractivity contribution in [2.75, 3.05) is 6.61 Å². The van der Waals surface area contributed by atoms with Crippen molar-refractivity contribution in [1.82, 2.24) is 0 Å². The topological polar surface area (TPSA) is 38.7 Å². The maximum atomic E-state index is 8.63. The van der Waals surface area contributed by atoms with Crippen LogP contribution in [0.2, 0.25) is 0 Å². The highest BCUT2D eigenvalue weighted by Gasteiger charge is 2.49. The Hall–Kier alpha value is -0.315. The molecule has 86 valence electrons. The molecule has 1 aliphatic heterocycles. The molecule has 1 saturated heterocycles. The number of hydrogen-bond acceptors (Lipinski definition) is 3. The molecule has 0 aromatic heterocycles. The second-order valence-corrected chi connectivity index (χ2v) is 4.92. The van der Waals surface area contributed by atoms with E-state index in [4.69, 9.17) is 14.4 Å². The summed E-state index contributed by atoms with van der Waals surface area (Å²) >= 11 is 0. The molecule has 3 nitrogen and oxygen atoms in total. The Morgan fingerprint density at radius 2 is 1.67 bits per heavy atom. The molecule has 0 aromatic carbocycles. The lowest BCUT2D eigenvalue weighted by Crippen LogP contribution is -2.41. The molecule has 0 amide bonds. The number of aliphatic hydroxyl groups is 1. The van der Waals surface area contributed by atoms with E-state index in [-0.39, 0.29) is 24.9 Å². The third-order valence-corrected chi connectivity index (χ3v) is 3.09. The highest BCUT2D eigenvalue weighted by Crippen LogP contribution is 2.36. The highest BCUT2D eigenvalue weighted by atomic mass is 16.7. The Bertz CT molecular complexity index is 220. The van der Waals surface area contributed by atoms with E-state index in [1.807, 2.05) is 39.7 Å². The molecule has 0 aliphatic carbocycles. The molecule has 1 N–H and O–H groups in total. The van der Waals surface area contributed by atoms with Crippen LogP contribution in [0, 0.1) is 0 Å². The first-order valence-corrected chi connectivity index (χ1v) is 5.52. The number of rotatable bonds is 4. The van der Waals surface area contributed by atoms with Crippen LogP contribution in [0.15, 0.2) is 12.1 Å². The average Bonchev–Trinajstić information content (AvgIpc) is 2.30. The molecular weight excluding hydrogens is 191 g/mol. The second kappa shape index (κ2) is 4.68. The molecule has 1 heterocycles. The molecule has 1 rings (SSSR count). The van der Waals surface area contributed by atoms with E-state index in [9.17, 15) is 0 Å². The van der Waals surface area contributed by atoms with Gasteiger partial charge in [0.25, 0.3) is 0 Å². The third-order valence-electron chi connectivity index (χ3n) is 3.09. The van der Waals surface area contributed by atoms with Crippen LogP contribution in [-0.4, -0.2) is 30.0 Å². The lowest BCUT2D eigenvalue weighted by atomic mass is 9.89. The fraction of sp³-hybridized carbons (Fsp3) is 0.818. The van der Waals surface area contributed by atoms with E-state index in [0.717, 1.165) is 12.8 Å². The summed E-state index contributed by atoms with van der Waals surface area (Å²) in [5.74, 6) is 1.92. The van der Waals surface area contributed by atoms with E-state index >= 15 is 0 Å². The van der Waals surface area contributed by atoms with Gasteiger partial charge in [0.05, 0.1) is 11.2 Å². The number of aliphatic hydroxyl groups excluding tert-OH is 1.